The summed E-state index contributed by atoms with van der Waals surface area (Å²) < 4.78 is 0. The maximum atomic E-state index is 5.55. The molecule has 1 aromatic heterocycles. The van der Waals surface area contributed by atoms with Gasteiger partial charge in [0.1, 0.15) is 0 Å². The van der Waals surface area contributed by atoms with Gasteiger partial charge in [0.05, 0.1) is 0 Å². The summed E-state index contributed by atoms with van der Waals surface area (Å²) in [5.74, 6) is 0. The van der Waals surface area contributed by atoms with Crippen molar-refractivity contribution >= 4 is 11.3 Å². The largest absolute Gasteiger partial charge is 0.330 e. The zero-order valence-electron chi connectivity index (χ0n) is 8.48. The number of nitrogens with two attached hydrogens (primary N) is 1. The number of thiophene rings is 1. The van der Waals surface area contributed by atoms with Gasteiger partial charge < -0.3 is 5.73 Å². The molecule has 0 bridgehead atoms. The van der Waals surface area contributed by atoms with E-state index in [4.69, 9.17) is 5.73 Å². The molecule has 1 aliphatic rings. The van der Waals surface area contributed by atoms with E-state index >= 15 is 0 Å². The summed E-state index contributed by atoms with van der Waals surface area (Å²) >= 11 is 1.79. The van der Waals surface area contributed by atoms with Gasteiger partial charge in [-0.05, 0) is 54.7 Å². The van der Waals surface area contributed by atoms with Crippen LogP contribution in [0, 0.1) is 0 Å². The van der Waals surface area contributed by atoms with Crippen LogP contribution in [0.1, 0.15) is 24.8 Å². The van der Waals surface area contributed by atoms with Gasteiger partial charge in [-0.1, -0.05) is 0 Å². The topological polar surface area (TPSA) is 29.3 Å². The first-order valence-corrected chi connectivity index (χ1v) is 6.29. The normalized spacial score (nSPS) is 16.4. The lowest BCUT2D eigenvalue weighted by molar-refractivity contribution is 0.253. The van der Waals surface area contributed by atoms with Gasteiger partial charge in [-0.15, -0.1) is 0 Å². The van der Waals surface area contributed by atoms with Crippen LogP contribution < -0.4 is 5.73 Å². The molecule has 2 N–H and O–H groups in total. The minimum Gasteiger partial charge on any atom is -0.330 e. The minimum absolute atomic E-state index is 0.812. The van der Waals surface area contributed by atoms with Gasteiger partial charge in [-0.2, -0.15) is 11.3 Å². The van der Waals surface area contributed by atoms with Gasteiger partial charge >= 0.3 is 0 Å². The Labute approximate surface area is 89.7 Å². The van der Waals surface area contributed by atoms with E-state index in [9.17, 15) is 0 Å². The highest BCUT2D eigenvalue weighted by Gasteiger charge is 2.28. The highest BCUT2D eigenvalue weighted by molar-refractivity contribution is 7.07. The SMILES string of the molecule is NCCCN(Cc1ccsc1)C1CC1. The van der Waals surface area contributed by atoms with E-state index in [2.05, 4.69) is 21.7 Å². The van der Waals surface area contributed by atoms with E-state index in [1.807, 2.05) is 0 Å². The zero-order valence-corrected chi connectivity index (χ0v) is 9.30. The molecule has 0 aliphatic heterocycles. The van der Waals surface area contributed by atoms with Gasteiger partial charge in [0.2, 0.25) is 0 Å². The Morgan fingerprint density at radius 3 is 2.93 bits per heavy atom. The van der Waals surface area contributed by atoms with Crippen LogP contribution in [0.2, 0.25) is 0 Å². The first kappa shape index (κ1) is 10.1. The summed E-state index contributed by atoms with van der Waals surface area (Å²) in [7, 11) is 0. The van der Waals surface area contributed by atoms with Crippen molar-refractivity contribution < 1.29 is 0 Å². The van der Waals surface area contributed by atoms with E-state index in [1.165, 1.54) is 18.4 Å². The van der Waals surface area contributed by atoms with Gasteiger partial charge in [0.25, 0.3) is 0 Å². The average Bonchev–Trinajstić information content (AvgIpc) is 2.92. The van der Waals surface area contributed by atoms with Gasteiger partial charge in [-0.25, -0.2) is 0 Å². The van der Waals surface area contributed by atoms with Gasteiger partial charge in [0.15, 0.2) is 0 Å². The van der Waals surface area contributed by atoms with Crippen molar-refractivity contribution in [3.05, 3.63) is 22.4 Å². The molecule has 0 spiro atoms. The van der Waals surface area contributed by atoms with Crippen molar-refractivity contribution in [1.82, 2.24) is 4.90 Å². The lowest BCUT2D eigenvalue weighted by atomic mass is 10.3. The van der Waals surface area contributed by atoms with E-state index < -0.39 is 0 Å². The molecule has 0 amide bonds. The maximum absolute atomic E-state index is 5.55. The Hall–Kier alpha value is -0.380. The first-order chi connectivity index (χ1) is 6.90. The molecular formula is C11H18N2S. The lowest BCUT2D eigenvalue weighted by Gasteiger charge is -2.20. The predicted molar refractivity (Wildman–Crippen MR) is 61.4 cm³/mol. The molecule has 0 unspecified atom stereocenters. The molecule has 1 heterocycles. The number of hydrogen-bond donors (Lipinski definition) is 1. The molecule has 0 saturated heterocycles. The molecule has 1 fully saturated rings. The van der Waals surface area contributed by atoms with Crippen LogP contribution in [0.15, 0.2) is 16.8 Å². The minimum atomic E-state index is 0.812. The second kappa shape index (κ2) is 4.91. The lowest BCUT2D eigenvalue weighted by Crippen LogP contribution is -2.27. The molecule has 3 heteroatoms. The monoisotopic (exact) mass is 210 g/mol. The molecule has 0 aromatic carbocycles. The summed E-state index contributed by atoms with van der Waals surface area (Å²) in [6.45, 7) is 3.10. The van der Waals surface area contributed by atoms with Crippen LogP contribution in [0.3, 0.4) is 0 Å². The molecule has 0 atom stereocenters. The summed E-state index contributed by atoms with van der Waals surface area (Å²) in [4.78, 5) is 2.58. The summed E-state index contributed by atoms with van der Waals surface area (Å²) in [6.07, 6.45) is 3.89. The molecule has 78 valence electrons. The van der Waals surface area contributed by atoms with Crippen molar-refractivity contribution in [1.29, 1.82) is 0 Å². The fourth-order valence-corrected chi connectivity index (χ4v) is 2.40. The molecule has 1 aliphatic carbocycles. The Bertz CT molecular complexity index is 254. The van der Waals surface area contributed by atoms with E-state index in [0.717, 1.165) is 32.1 Å². The fourth-order valence-electron chi connectivity index (χ4n) is 1.74. The zero-order chi connectivity index (χ0) is 9.80. The molecule has 1 aromatic rings. The smallest absolute Gasteiger partial charge is 0.0244 e. The number of nitrogens with zero attached hydrogens (tertiary/aromatic N) is 1. The second-order valence-corrected chi connectivity index (χ2v) is 4.76. The Morgan fingerprint density at radius 2 is 2.36 bits per heavy atom. The third-order valence-electron chi connectivity index (χ3n) is 2.68. The third kappa shape index (κ3) is 2.80. The van der Waals surface area contributed by atoms with E-state index in [1.54, 1.807) is 11.3 Å². The third-order valence-corrected chi connectivity index (χ3v) is 3.41. The molecule has 2 nitrogen and oxygen atoms in total. The Balaban J connectivity index is 1.84. The Kier molecular flexibility index (Phi) is 3.56. The van der Waals surface area contributed by atoms with E-state index in [0.29, 0.717) is 0 Å². The molecule has 1 saturated carbocycles. The Morgan fingerprint density at radius 1 is 1.50 bits per heavy atom. The molecule has 0 radical (unpaired) electrons. The summed E-state index contributed by atoms with van der Waals surface area (Å²) in [5.41, 5.74) is 7.00. The van der Waals surface area contributed by atoms with Crippen LogP contribution in [-0.4, -0.2) is 24.0 Å². The van der Waals surface area contributed by atoms with Crippen LogP contribution in [0.5, 0.6) is 0 Å². The second-order valence-electron chi connectivity index (χ2n) is 3.98. The van der Waals surface area contributed by atoms with Crippen molar-refractivity contribution in [3.63, 3.8) is 0 Å². The molecular weight excluding hydrogens is 192 g/mol. The van der Waals surface area contributed by atoms with E-state index in [-0.39, 0.29) is 0 Å². The van der Waals surface area contributed by atoms with Crippen molar-refractivity contribution in [2.24, 2.45) is 5.73 Å². The highest BCUT2D eigenvalue weighted by Crippen LogP contribution is 2.28. The van der Waals surface area contributed by atoms with Crippen LogP contribution in [0.25, 0.3) is 0 Å². The van der Waals surface area contributed by atoms with Gasteiger partial charge in [-0.3, -0.25) is 4.90 Å². The van der Waals surface area contributed by atoms with Crippen molar-refractivity contribution in [2.45, 2.75) is 31.8 Å². The highest BCUT2D eigenvalue weighted by atomic mass is 32.1. The quantitative estimate of drug-likeness (QED) is 0.778. The maximum Gasteiger partial charge on any atom is 0.0244 e. The van der Waals surface area contributed by atoms with Crippen molar-refractivity contribution in [2.75, 3.05) is 13.1 Å². The predicted octanol–water partition coefficient (Wildman–Crippen LogP) is 2.06. The van der Waals surface area contributed by atoms with Gasteiger partial charge in [0, 0.05) is 12.6 Å². The number of hydrogen-bond acceptors (Lipinski definition) is 3. The summed E-state index contributed by atoms with van der Waals surface area (Å²) in [6, 6.07) is 3.07. The average molecular weight is 210 g/mol. The standard InChI is InChI=1S/C11H18N2S/c12-5-1-6-13(11-2-3-11)8-10-4-7-14-9-10/h4,7,9,11H,1-3,5-6,8,12H2. The molecule has 14 heavy (non-hydrogen) atoms. The van der Waals surface area contributed by atoms with Crippen LogP contribution >= 0.6 is 11.3 Å². The molecule has 2 rings (SSSR count). The van der Waals surface area contributed by atoms with Crippen LogP contribution in [-0.2, 0) is 6.54 Å². The first-order valence-electron chi connectivity index (χ1n) is 5.35. The summed E-state index contributed by atoms with van der Waals surface area (Å²) in [5, 5.41) is 4.40. The number of rotatable bonds is 6. The fraction of sp³-hybridized carbons (Fsp3) is 0.636. The van der Waals surface area contributed by atoms with Crippen molar-refractivity contribution in [3.8, 4) is 0 Å². The van der Waals surface area contributed by atoms with Crippen LogP contribution in [0.4, 0.5) is 0 Å².